The van der Waals surface area contributed by atoms with Crippen LogP contribution in [0, 0.1) is 19.7 Å². The number of carbonyl (C=O) groups excluding carboxylic acids is 2. The normalized spacial score (nSPS) is 11.8. The minimum absolute atomic E-state index is 0.0331. The zero-order chi connectivity index (χ0) is 22.5. The predicted octanol–water partition coefficient (Wildman–Crippen LogP) is 3.79. The molecule has 2 aromatic carbocycles. The number of anilines is 1. The van der Waals surface area contributed by atoms with Gasteiger partial charge in [-0.25, -0.2) is 4.39 Å². The molecule has 0 aliphatic carbocycles. The molecule has 2 amide bonds. The first-order valence-corrected chi connectivity index (χ1v) is 10.7. The Balaban J connectivity index is 1.61. The van der Waals surface area contributed by atoms with Crippen molar-refractivity contribution in [2.24, 2.45) is 7.05 Å². The van der Waals surface area contributed by atoms with E-state index >= 15 is 0 Å². The SMILES string of the molecule is Cc1cccc(C)c1NC(=O)CSc1nnc([C@H](C)NC(=O)c2ccccc2F)n1C. The molecule has 2 N–H and O–H groups in total. The molecular formula is C22H24FN5O2S. The van der Waals surface area contributed by atoms with Gasteiger partial charge in [0.15, 0.2) is 11.0 Å². The zero-order valence-electron chi connectivity index (χ0n) is 17.8. The van der Waals surface area contributed by atoms with Crippen molar-refractivity contribution in [1.29, 1.82) is 0 Å². The Bertz CT molecular complexity index is 1090. The summed E-state index contributed by atoms with van der Waals surface area (Å²) in [6.07, 6.45) is 0. The molecule has 0 spiro atoms. The third-order valence-corrected chi connectivity index (χ3v) is 5.82. The molecule has 0 aliphatic heterocycles. The number of nitrogens with zero attached hydrogens (tertiary/aromatic N) is 3. The molecule has 9 heteroatoms. The average molecular weight is 442 g/mol. The Morgan fingerprint density at radius 1 is 1.10 bits per heavy atom. The molecule has 1 aromatic heterocycles. The topological polar surface area (TPSA) is 88.9 Å². The van der Waals surface area contributed by atoms with Crippen LogP contribution in [0.2, 0.25) is 0 Å². The number of hydrogen-bond acceptors (Lipinski definition) is 5. The van der Waals surface area contributed by atoms with Gasteiger partial charge in [-0.2, -0.15) is 0 Å². The molecule has 31 heavy (non-hydrogen) atoms. The van der Waals surface area contributed by atoms with Crippen LogP contribution < -0.4 is 10.6 Å². The maximum Gasteiger partial charge on any atom is 0.254 e. The summed E-state index contributed by atoms with van der Waals surface area (Å²) in [5, 5.41) is 14.5. The third kappa shape index (κ3) is 5.29. The Morgan fingerprint density at radius 2 is 1.77 bits per heavy atom. The fourth-order valence-corrected chi connectivity index (χ4v) is 3.85. The number of amides is 2. The van der Waals surface area contributed by atoms with Crippen molar-refractivity contribution < 1.29 is 14.0 Å². The first-order valence-electron chi connectivity index (χ1n) is 9.71. The third-order valence-electron chi connectivity index (χ3n) is 4.80. The van der Waals surface area contributed by atoms with Crippen LogP contribution in [-0.4, -0.2) is 32.3 Å². The molecule has 0 unspecified atom stereocenters. The lowest BCUT2D eigenvalue weighted by atomic mass is 10.1. The molecule has 0 radical (unpaired) electrons. The van der Waals surface area contributed by atoms with Crippen molar-refractivity contribution in [1.82, 2.24) is 20.1 Å². The van der Waals surface area contributed by atoms with Gasteiger partial charge < -0.3 is 15.2 Å². The molecule has 1 atom stereocenters. The van der Waals surface area contributed by atoms with Crippen molar-refractivity contribution in [3.63, 3.8) is 0 Å². The van der Waals surface area contributed by atoms with Crippen LogP contribution in [0.15, 0.2) is 47.6 Å². The monoisotopic (exact) mass is 441 g/mol. The van der Waals surface area contributed by atoms with E-state index in [9.17, 15) is 14.0 Å². The van der Waals surface area contributed by atoms with Crippen LogP contribution in [-0.2, 0) is 11.8 Å². The highest BCUT2D eigenvalue weighted by atomic mass is 32.2. The van der Waals surface area contributed by atoms with Gasteiger partial charge in [0, 0.05) is 12.7 Å². The van der Waals surface area contributed by atoms with Gasteiger partial charge >= 0.3 is 0 Å². The van der Waals surface area contributed by atoms with Crippen LogP contribution in [0.25, 0.3) is 0 Å². The molecular weight excluding hydrogens is 417 g/mol. The minimum atomic E-state index is -0.587. The van der Waals surface area contributed by atoms with Gasteiger partial charge in [0.25, 0.3) is 5.91 Å². The molecule has 0 aliphatic rings. The quantitative estimate of drug-likeness (QED) is 0.545. The molecule has 3 rings (SSSR count). The molecule has 1 heterocycles. The Labute approximate surface area is 184 Å². The summed E-state index contributed by atoms with van der Waals surface area (Å²) in [6, 6.07) is 11.1. The summed E-state index contributed by atoms with van der Waals surface area (Å²) in [4.78, 5) is 24.7. The van der Waals surface area contributed by atoms with E-state index in [0.29, 0.717) is 11.0 Å². The number of para-hydroxylation sites is 1. The van der Waals surface area contributed by atoms with Gasteiger partial charge in [-0.3, -0.25) is 9.59 Å². The van der Waals surface area contributed by atoms with E-state index in [1.54, 1.807) is 24.6 Å². The van der Waals surface area contributed by atoms with Crippen molar-refractivity contribution in [2.45, 2.75) is 32.0 Å². The smallest absolute Gasteiger partial charge is 0.254 e. The van der Waals surface area contributed by atoms with Gasteiger partial charge in [-0.05, 0) is 44.0 Å². The summed E-state index contributed by atoms with van der Waals surface area (Å²) < 4.78 is 15.5. The maximum absolute atomic E-state index is 13.8. The number of nitrogens with one attached hydrogen (secondary N) is 2. The van der Waals surface area contributed by atoms with Crippen molar-refractivity contribution in [3.8, 4) is 0 Å². The first kappa shape index (κ1) is 22.5. The number of rotatable bonds is 7. The second-order valence-electron chi connectivity index (χ2n) is 7.18. The van der Waals surface area contributed by atoms with E-state index in [-0.39, 0.29) is 17.2 Å². The second kappa shape index (κ2) is 9.74. The van der Waals surface area contributed by atoms with Crippen molar-refractivity contribution in [2.75, 3.05) is 11.1 Å². The van der Waals surface area contributed by atoms with E-state index in [2.05, 4.69) is 20.8 Å². The first-order chi connectivity index (χ1) is 14.8. The van der Waals surface area contributed by atoms with E-state index in [0.717, 1.165) is 16.8 Å². The number of carbonyl (C=O) groups is 2. The summed E-state index contributed by atoms with van der Waals surface area (Å²) >= 11 is 1.25. The van der Waals surface area contributed by atoms with E-state index in [4.69, 9.17) is 0 Å². The van der Waals surface area contributed by atoms with E-state index < -0.39 is 17.8 Å². The Hall–Kier alpha value is -3.20. The highest BCUT2D eigenvalue weighted by Gasteiger charge is 2.20. The van der Waals surface area contributed by atoms with Gasteiger partial charge in [-0.15, -0.1) is 10.2 Å². The molecule has 0 fully saturated rings. The fourth-order valence-electron chi connectivity index (χ4n) is 3.13. The van der Waals surface area contributed by atoms with E-state index in [1.807, 2.05) is 32.0 Å². The molecule has 3 aromatic rings. The fraction of sp³-hybridized carbons (Fsp3) is 0.273. The molecule has 162 valence electrons. The van der Waals surface area contributed by atoms with Crippen molar-refractivity contribution >= 4 is 29.3 Å². The van der Waals surface area contributed by atoms with Crippen LogP contribution in [0.5, 0.6) is 0 Å². The standard InChI is InChI=1S/C22H24FN5O2S/c1-13-8-7-9-14(2)19(13)25-18(29)12-31-22-27-26-20(28(22)4)15(3)24-21(30)16-10-5-6-11-17(16)23/h5-11,15H,12H2,1-4H3,(H,24,30)(H,25,29)/t15-/m0/s1. The van der Waals surface area contributed by atoms with Gasteiger partial charge in [-0.1, -0.05) is 42.1 Å². The van der Waals surface area contributed by atoms with Crippen LogP contribution in [0.4, 0.5) is 10.1 Å². The Morgan fingerprint density at radius 3 is 2.45 bits per heavy atom. The lowest BCUT2D eigenvalue weighted by molar-refractivity contribution is -0.113. The van der Waals surface area contributed by atoms with Gasteiger partial charge in [0.05, 0.1) is 17.4 Å². The van der Waals surface area contributed by atoms with Crippen LogP contribution >= 0.6 is 11.8 Å². The molecule has 0 bridgehead atoms. The number of aryl methyl sites for hydroxylation is 2. The largest absolute Gasteiger partial charge is 0.342 e. The number of benzene rings is 2. The summed E-state index contributed by atoms with van der Waals surface area (Å²) in [7, 11) is 1.76. The van der Waals surface area contributed by atoms with Gasteiger partial charge in [0.2, 0.25) is 5.91 Å². The predicted molar refractivity (Wildman–Crippen MR) is 119 cm³/mol. The summed E-state index contributed by atoms with van der Waals surface area (Å²) in [5.41, 5.74) is 2.78. The average Bonchev–Trinajstić information content (AvgIpc) is 3.10. The van der Waals surface area contributed by atoms with E-state index in [1.165, 1.54) is 30.0 Å². The maximum atomic E-state index is 13.8. The Kier molecular flexibility index (Phi) is 7.06. The van der Waals surface area contributed by atoms with Crippen LogP contribution in [0.3, 0.4) is 0 Å². The molecule has 0 saturated carbocycles. The highest BCUT2D eigenvalue weighted by Crippen LogP contribution is 2.22. The lowest BCUT2D eigenvalue weighted by Crippen LogP contribution is -2.29. The lowest BCUT2D eigenvalue weighted by Gasteiger charge is -2.14. The number of halogens is 1. The number of aromatic nitrogens is 3. The van der Waals surface area contributed by atoms with Gasteiger partial charge in [0.1, 0.15) is 5.82 Å². The highest BCUT2D eigenvalue weighted by molar-refractivity contribution is 7.99. The number of hydrogen-bond donors (Lipinski definition) is 2. The number of thioether (sulfide) groups is 1. The second-order valence-corrected chi connectivity index (χ2v) is 8.12. The molecule has 7 nitrogen and oxygen atoms in total. The summed E-state index contributed by atoms with van der Waals surface area (Å²) in [5.74, 6) is -0.599. The van der Waals surface area contributed by atoms with Crippen molar-refractivity contribution in [3.05, 3.63) is 70.8 Å². The zero-order valence-corrected chi connectivity index (χ0v) is 18.6. The molecule has 0 saturated heterocycles. The van der Waals surface area contributed by atoms with Crippen LogP contribution in [0.1, 0.15) is 40.3 Å². The summed E-state index contributed by atoms with van der Waals surface area (Å²) in [6.45, 7) is 5.63. The minimum Gasteiger partial charge on any atom is -0.342 e.